The van der Waals surface area contributed by atoms with Crippen molar-refractivity contribution in [1.82, 2.24) is 10.3 Å². The van der Waals surface area contributed by atoms with Crippen LogP contribution in [0.3, 0.4) is 0 Å². The van der Waals surface area contributed by atoms with Crippen LogP contribution < -0.4 is 14.8 Å². The summed E-state index contributed by atoms with van der Waals surface area (Å²) in [7, 11) is 3.26. The average molecular weight is 194 g/mol. The van der Waals surface area contributed by atoms with Crippen LogP contribution in [0.5, 0.6) is 11.8 Å². The molecule has 0 saturated heterocycles. The second kappa shape index (κ2) is 3.84. The highest BCUT2D eigenvalue weighted by molar-refractivity contribution is 5.40. The molecule has 1 N–H and O–H groups in total. The van der Waals surface area contributed by atoms with Gasteiger partial charge in [-0.2, -0.15) is 4.98 Å². The molecule has 0 aliphatic carbocycles. The molecule has 0 spiro atoms. The van der Waals surface area contributed by atoms with Crippen LogP contribution >= 0.6 is 0 Å². The van der Waals surface area contributed by atoms with Crippen molar-refractivity contribution in [1.29, 1.82) is 0 Å². The fourth-order valence-electron chi connectivity index (χ4n) is 1.71. The predicted octanol–water partition coefficient (Wildman–Crippen LogP) is 0.744. The Kier molecular flexibility index (Phi) is 2.54. The molecule has 0 fully saturated rings. The lowest BCUT2D eigenvalue weighted by atomic mass is 10.0. The quantitative estimate of drug-likeness (QED) is 0.754. The molecule has 4 heteroatoms. The number of methoxy groups -OCH3 is 2. The highest BCUT2D eigenvalue weighted by atomic mass is 16.5. The molecule has 4 nitrogen and oxygen atoms in total. The molecule has 2 rings (SSSR count). The first-order valence-electron chi connectivity index (χ1n) is 4.66. The van der Waals surface area contributed by atoms with Crippen molar-refractivity contribution in [3.63, 3.8) is 0 Å². The van der Waals surface area contributed by atoms with Gasteiger partial charge in [0.15, 0.2) is 0 Å². The Labute approximate surface area is 83.2 Å². The van der Waals surface area contributed by atoms with Gasteiger partial charge in [-0.25, -0.2) is 0 Å². The number of rotatable bonds is 2. The molecule has 2 heterocycles. The molecule has 0 unspecified atom stereocenters. The summed E-state index contributed by atoms with van der Waals surface area (Å²) in [5.41, 5.74) is 2.42. The average Bonchev–Trinajstić information content (AvgIpc) is 2.27. The topological polar surface area (TPSA) is 43.4 Å². The van der Waals surface area contributed by atoms with Gasteiger partial charge in [-0.15, -0.1) is 0 Å². The second-order valence-corrected chi connectivity index (χ2v) is 3.24. The Bertz CT molecular complexity index is 322. The maximum Gasteiger partial charge on any atom is 0.219 e. The van der Waals surface area contributed by atoms with E-state index in [9.17, 15) is 0 Å². The fourth-order valence-corrected chi connectivity index (χ4v) is 1.71. The lowest BCUT2D eigenvalue weighted by Gasteiger charge is -2.19. The Balaban J connectivity index is 2.47. The maximum absolute atomic E-state index is 5.24. The monoisotopic (exact) mass is 194 g/mol. The molecule has 1 aromatic heterocycles. The van der Waals surface area contributed by atoms with E-state index in [-0.39, 0.29) is 0 Å². The van der Waals surface area contributed by atoms with Gasteiger partial charge in [0.1, 0.15) is 0 Å². The van der Waals surface area contributed by atoms with E-state index in [0.717, 1.165) is 19.5 Å². The van der Waals surface area contributed by atoms with Gasteiger partial charge in [0, 0.05) is 18.2 Å². The molecule has 0 atom stereocenters. The number of hydrogen-bond donors (Lipinski definition) is 1. The summed E-state index contributed by atoms with van der Waals surface area (Å²) >= 11 is 0. The summed E-state index contributed by atoms with van der Waals surface area (Å²) in [6.45, 7) is 1.85. The minimum Gasteiger partial charge on any atom is -0.481 e. The van der Waals surface area contributed by atoms with Crippen molar-refractivity contribution in [2.24, 2.45) is 0 Å². The summed E-state index contributed by atoms with van der Waals surface area (Å²) in [6, 6.07) is 1.96. The van der Waals surface area contributed by atoms with E-state index in [1.54, 1.807) is 14.2 Å². The summed E-state index contributed by atoms with van der Waals surface area (Å²) < 4.78 is 10.3. The van der Waals surface area contributed by atoms with Gasteiger partial charge < -0.3 is 14.8 Å². The zero-order valence-corrected chi connectivity index (χ0v) is 8.46. The Morgan fingerprint density at radius 1 is 1.36 bits per heavy atom. The normalized spacial score (nSPS) is 14.7. The number of nitrogens with one attached hydrogen (secondary N) is 1. The number of pyridine rings is 1. The van der Waals surface area contributed by atoms with Crippen molar-refractivity contribution in [2.45, 2.75) is 13.0 Å². The molecule has 0 bridgehead atoms. The van der Waals surface area contributed by atoms with Crippen molar-refractivity contribution in [3.8, 4) is 11.8 Å². The van der Waals surface area contributed by atoms with Crippen molar-refractivity contribution in [2.75, 3.05) is 20.8 Å². The fraction of sp³-hybridized carbons (Fsp3) is 0.500. The van der Waals surface area contributed by atoms with Crippen molar-refractivity contribution >= 4 is 0 Å². The van der Waals surface area contributed by atoms with Gasteiger partial charge in [-0.1, -0.05) is 0 Å². The first kappa shape index (κ1) is 9.27. The number of ether oxygens (including phenoxy) is 2. The van der Waals surface area contributed by atoms with Crippen LogP contribution in [-0.2, 0) is 13.0 Å². The first-order chi connectivity index (χ1) is 6.85. The summed E-state index contributed by atoms with van der Waals surface area (Å²) in [5, 5.41) is 3.30. The first-order valence-corrected chi connectivity index (χ1v) is 4.66. The van der Waals surface area contributed by atoms with Crippen molar-refractivity contribution < 1.29 is 9.47 Å². The summed E-state index contributed by atoms with van der Waals surface area (Å²) in [4.78, 5) is 4.25. The van der Waals surface area contributed by atoms with E-state index in [1.807, 2.05) is 6.07 Å². The van der Waals surface area contributed by atoms with Gasteiger partial charge in [0.05, 0.1) is 14.2 Å². The van der Waals surface area contributed by atoms with Crippen LogP contribution in [0.25, 0.3) is 0 Å². The minimum absolute atomic E-state index is 0.615. The van der Waals surface area contributed by atoms with Gasteiger partial charge >= 0.3 is 0 Å². The summed E-state index contributed by atoms with van der Waals surface area (Å²) in [6.07, 6.45) is 0.968. The van der Waals surface area contributed by atoms with E-state index in [1.165, 1.54) is 11.1 Å². The third-order valence-electron chi connectivity index (χ3n) is 2.42. The van der Waals surface area contributed by atoms with E-state index < -0.39 is 0 Å². The smallest absolute Gasteiger partial charge is 0.219 e. The van der Waals surface area contributed by atoms with Crippen LogP contribution in [0, 0.1) is 0 Å². The van der Waals surface area contributed by atoms with E-state index >= 15 is 0 Å². The molecule has 0 radical (unpaired) electrons. The van der Waals surface area contributed by atoms with Gasteiger partial charge in [0.25, 0.3) is 0 Å². The Hall–Kier alpha value is -1.29. The SMILES string of the molecule is COc1cc2c(c(OC)n1)CCNC2. The predicted molar refractivity (Wildman–Crippen MR) is 52.8 cm³/mol. The van der Waals surface area contributed by atoms with Gasteiger partial charge in [-0.3, -0.25) is 0 Å². The maximum atomic E-state index is 5.24. The Morgan fingerprint density at radius 2 is 2.21 bits per heavy atom. The van der Waals surface area contributed by atoms with Gasteiger partial charge in [0.2, 0.25) is 11.8 Å². The third kappa shape index (κ3) is 1.53. The lowest BCUT2D eigenvalue weighted by molar-refractivity contribution is 0.357. The number of hydrogen-bond acceptors (Lipinski definition) is 4. The lowest BCUT2D eigenvalue weighted by Crippen LogP contribution is -2.24. The van der Waals surface area contributed by atoms with Crippen LogP contribution in [0.2, 0.25) is 0 Å². The molecular formula is C10H14N2O2. The number of fused-ring (bicyclic) bond motifs is 1. The largest absolute Gasteiger partial charge is 0.481 e. The van der Waals surface area contributed by atoms with Gasteiger partial charge in [-0.05, 0) is 18.5 Å². The molecule has 1 aliphatic rings. The molecule has 1 aromatic rings. The summed E-state index contributed by atoms with van der Waals surface area (Å²) in [5.74, 6) is 1.31. The number of aromatic nitrogens is 1. The zero-order valence-electron chi connectivity index (χ0n) is 8.46. The second-order valence-electron chi connectivity index (χ2n) is 3.24. The standard InChI is InChI=1S/C10H14N2O2/c1-13-9-5-7-6-11-4-3-8(7)10(12-9)14-2/h5,11H,3-4,6H2,1-2H3. The molecular weight excluding hydrogens is 180 g/mol. The van der Waals surface area contributed by atoms with E-state index in [2.05, 4.69) is 10.3 Å². The highest BCUT2D eigenvalue weighted by Gasteiger charge is 2.16. The van der Waals surface area contributed by atoms with Crippen LogP contribution in [0.4, 0.5) is 0 Å². The third-order valence-corrected chi connectivity index (χ3v) is 2.42. The number of nitrogens with zero attached hydrogens (tertiary/aromatic N) is 1. The Morgan fingerprint density at radius 3 is 2.93 bits per heavy atom. The molecule has 0 amide bonds. The zero-order chi connectivity index (χ0) is 9.97. The molecule has 0 aromatic carbocycles. The molecule has 1 aliphatic heterocycles. The molecule has 0 saturated carbocycles. The van der Waals surface area contributed by atoms with Crippen LogP contribution in [-0.4, -0.2) is 25.7 Å². The van der Waals surface area contributed by atoms with Crippen LogP contribution in [0.1, 0.15) is 11.1 Å². The molecule has 14 heavy (non-hydrogen) atoms. The van der Waals surface area contributed by atoms with E-state index in [4.69, 9.17) is 9.47 Å². The highest BCUT2D eigenvalue weighted by Crippen LogP contribution is 2.26. The van der Waals surface area contributed by atoms with Crippen molar-refractivity contribution in [3.05, 3.63) is 17.2 Å². The minimum atomic E-state index is 0.615. The molecule has 76 valence electrons. The van der Waals surface area contributed by atoms with E-state index in [0.29, 0.717) is 11.8 Å². The van der Waals surface area contributed by atoms with Crippen LogP contribution in [0.15, 0.2) is 6.07 Å².